The van der Waals surface area contributed by atoms with Crippen LogP contribution in [-0.2, 0) is 4.74 Å². The molecule has 1 heterocycles. The molecule has 0 spiro atoms. The SMILES string of the molecule is COC(=O)c1ccn(-c2c(Cl)cc(Cl)cc2Cl)n1. The molecule has 0 unspecified atom stereocenters. The minimum Gasteiger partial charge on any atom is -0.464 e. The van der Waals surface area contributed by atoms with E-state index in [1.807, 2.05) is 0 Å². The van der Waals surface area contributed by atoms with Crippen LogP contribution >= 0.6 is 34.8 Å². The van der Waals surface area contributed by atoms with Gasteiger partial charge in [0, 0.05) is 11.2 Å². The van der Waals surface area contributed by atoms with Gasteiger partial charge in [-0.15, -0.1) is 0 Å². The smallest absolute Gasteiger partial charge is 0.358 e. The van der Waals surface area contributed by atoms with Crippen LogP contribution in [0.15, 0.2) is 24.4 Å². The number of esters is 1. The summed E-state index contributed by atoms with van der Waals surface area (Å²) in [4.78, 5) is 11.3. The van der Waals surface area contributed by atoms with E-state index in [1.165, 1.54) is 17.9 Å². The van der Waals surface area contributed by atoms with Gasteiger partial charge in [0.15, 0.2) is 5.69 Å². The maximum atomic E-state index is 11.3. The molecule has 0 amide bonds. The fraction of sp³-hybridized carbons (Fsp3) is 0.0909. The maximum Gasteiger partial charge on any atom is 0.358 e. The number of benzene rings is 1. The highest BCUT2D eigenvalue weighted by Gasteiger charge is 2.14. The highest BCUT2D eigenvalue weighted by atomic mass is 35.5. The molecule has 7 heteroatoms. The fourth-order valence-electron chi connectivity index (χ4n) is 1.42. The minimum atomic E-state index is -0.532. The van der Waals surface area contributed by atoms with E-state index in [2.05, 4.69) is 9.84 Å². The van der Waals surface area contributed by atoms with E-state index in [4.69, 9.17) is 34.8 Å². The molecule has 0 atom stereocenters. The summed E-state index contributed by atoms with van der Waals surface area (Å²) >= 11 is 17.9. The highest BCUT2D eigenvalue weighted by molar-refractivity contribution is 6.40. The van der Waals surface area contributed by atoms with Gasteiger partial charge in [-0.25, -0.2) is 9.48 Å². The lowest BCUT2D eigenvalue weighted by atomic mass is 10.3. The Hall–Kier alpha value is -1.23. The van der Waals surface area contributed by atoms with Crippen LogP contribution in [0.3, 0.4) is 0 Å². The van der Waals surface area contributed by atoms with Crippen LogP contribution in [0, 0.1) is 0 Å². The first-order valence-electron chi connectivity index (χ1n) is 4.82. The van der Waals surface area contributed by atoms with Crippen LogP contribution in [0.2, 0.25) is 15.1 Å². The van der Waals surface area contributed by atoms with E-state index >= 15 is 0 Å². The average molecular weight is 306 g/mol. The van der Waals surface area contributed by atoms with Crippen LogP contribution in [-0.4, -0.2) is 22.9 Å². The van der Waals surface area contributed by atoms with Gasteiger partial charge in [-0.3, -0.25) is 0 Å². The first-order chi connectivity index (χ1) is 8.52. The zero-order chi connectivity index (χ0) is 13.3. The summed E-state index contributed by atoms with van der Waals surface area (Å²) in [5.74, 6) is -0.532. The minimum absolute atomic E-state index is 0.166. The Morgan fingerprint density at radius 1 is 1.28 bits per heavy atom. The fourth-order valence-corrected chi connectivity index (χ4v) is 2.41. The van der Waals surface area contributed by atoms with Crippen LogP contribution in [0.25, 0.3) is 5.69 Å². The van der Waals surface area contributed by atoms with Crippen molar-refractivity contribution in [3.63, 3.8) is 0 Å². The number of hydrogen-bond donors (Lipinski definition) is 0. The van der Waals surface area contributed by atoms with Crippen molar-refractivity contribution in [2.45, 2.75) is 0 Å². The summed E-state index contributed by atoms with van der Waals surface area (Å²) in [6.07, 6.45) is 1.56. The van der Waals surface area contributed by atoms with Gasteiger partial charge in [-0.05, 0) is 18.2 Å². The second kappa shape index (κ2) is 5.18. The van der Waals surface area contributed by atoms with E-state index in [-0.39, 0.29) is 5.69 Å². The lowest BCUT2D eigenvalue weighted by Crippen LogP contribution is -2.04. The number of carbonyl (C=O) groups is 1. The Morgan fingerprint density at radius 2 is 1.89 bits per heavy atom. The Labute approximate surface area is 118 Å². The monoisotopic (exact) mass is 304 g/mol. The Morgan fingerprint density at radius 3 is 2.44 bits per heavy atom. The molecule has 0 saturated carbocycles. The molecule has 0 aliphatic heterocycles. The van der Waals surface area contributed by atoms with Crippen LogP contribution in [0.4, 0.5) is 0 Å². The Kier molecular flexibility index (Phi) is 3.80. The van der Waals surface area contributed by atoms with Crippen LogP contribution < -0.4 is 0 Å². The van der Waals surface area contributed by atoms with Gasteiger partial charge in [-0.2, -0.15) is 5.10 Å². The largest absolute Gasteiger partial charge is 0.464 e. The Balaban J connectivity index is 2.49. The second-order valence-electron chi connectivity index (χ2n) is 3.36. The van der Waals surface area contributed by atoms with E-state index in [0.717, 1.165) is 0 Å². The van der Waals surface area contributed by atoms with Crippen molar-refractivity contribution in [2.24, 2.45) is 0 Å². The predicted octanol–water partition coefficient (Wildman–Crippen LogP) is 3.62. The van der Waals surface area contributed by atoms with Crippen molar-refractivity contribution in [1.29, 1.82) is 0 Å². The quantitative estimate of drug-likeness (QED) is 0.796. The normalized spacial score (nSPS) is 10.4. The molecule has 1 aromatic heterocycles. The third-order valence-electron chi connectivity index (χ3n) is 2.19. The number of aromatic nitrogens is 2. The second-order valence-corrected chi connectivity index (χ2v) is 4.61. The molecule has 0 N–H and O–H groups in total. The topological polar surface area (TPSA) is 44.1 Å². The third kappa shape index (κ3) is 2.46. The zero-order valence-corrected chi connectivity index (χ0v) is 11.4. The third-order valence-corrected chi connectivity index (χ3v) is 2.99. The van der Waals surface area contributed by atoms with Crippen LogP contribution in [0.1, 0.15) is 10.5 Å². The number of hydrogen-bond acceptors (Lipinski definition) is 3. The van der Waals surface area contributed by atoms with Crippen molar-refractivity contribution in [1.82, 2.24) is 9.78 Å². The lowest BCUT2D eigenvalue weighted by molar-refractivity contribution is 0.0593. The zero-order valence-electron chi connectivity index (χ0n) is 9.15. The molecule has 0 aliphatic rings. The number of halogens is 3. The van der Waals surface area contributed by atoms with Gasteiger partial charge >= 0.3 is 5.97 Å². The number of rotatable bonds is 2. The van der Waals surface area contributed by atoms with Gasteiger partial charge in [0.1, 0.15) is 5.69 Å². The molecule has 0 fully saturated rings. The first-order valence-corrected chi connectivity index (χ1v) is 5.95. The number of ether oxygens (including phenoxy) is 1. The van der Waals surface area contributed by atoms with Gasteiger partial charge in [0.25, 0.3) is 0 Å². The summed E-state index contributed by atoms with van der Waals surface area (Å²) in [7, 11) is 1.28. The predicted molar refractivity (Wildman–Crippen MR) is 69.9 cm³/mol. The van der Waals surface area contributed by atoms with E-state index in [9.17, 15) is 4.79 Å². The molecular weight excluding hydrogens is 298 g/mol. The summed E-state index contributed by atoms with van der Waals surface area (Å²) < 4.78 is 5.96. The molecule has 2 aromatic rings. The summed E-state index contributed by atoms with van der Waals surface area (Å²) in [6.45, 7) is 0. The van der Waals surface area contributed by atoms with Gasteiger partial charge < -0.3 is 4.74 Å². The lowest BCUT2D eigenvalue weighted by Gasteiger charge is -2.07. The molecular formula is C11H7Cl3N2O2. The van der Waals surface area contributed by atoms with Crippen molar-refractivity contribution >= 4 is 40.8 Å². The summed E-state index contributed by atoms with van der Waals surface area (Å²) in [5, 5.41) is 5.14. The number of nitrogens with zero attached hydrogens (tertiary/aromatic N) is 2. The van der Waals surface area contributed by atoms with E-state index in [1.54, 1.807) is 18.3 Å². The van der Waals surface area contributed by atoms with Crippen molar-refractivity contribution in [2.75, 3.05) is 7.11 Å². The van der Waals surface area contributed by atoms with Crippen molar-refractivity contribution in [3.8, 4) is 5.69 Å². The molecule has 18 heavy (non-hydrogen) atoms. The molecule has 4 nitrogen and oxygen atoms in total. The number of carbonyl (C=O) groups excluding carboxylic acids is 1. The standard InChI is InChI=1S/C11H7Cl3N2O2/c1-18-11(17)9-2-3-16(15-9)10-7(13)4-6(12)5-8(10)14/h2-5H,1H3. The van der Waals surface area contributed by atoms with Gasteiger partial charge in [0.05, 0.1) is 17.2 Å². The molecule has 2 rings (SSSR count). The van der Waals surface area contributed by atoms with Gasteiger partial charge in [-0.1, -0.05) is 34.8 Å². The molecule has 0 radical (unpaired) electrons. The maximum absolute atomic E-state index is 11.3. The molecule has 0 aliphatic carbocycles. The van der Waals surface area contributed by atoms with Crippen molar-refractivity contribution in [3.05, 3.63) is 45.2 Å². The van der Waals surface area contributed by atoms with E-state index in [0.29, 0.717) is 20.8 Å². The summed E-state index contributed by atoms with van der Waals surface area (Å²) in [5.41, 5.74) is 0.623. The Bertz CT molecular complexity index is 587. The van der Waals surface area contributed by atoms with E-state index < -0.39 is 5.97 Å². The molecule has 1 aromatic carbocycles. The number of methoxy groups -OCH3 is 1. The molecule has 94 valence electrons. The molecule has 0 bridgehead atoms. The summed E-state index contributed by atoms with van der Waals surface area (Å²) in [6, 6.07) is 4.60. The van der Waals surface area contributed by atoms with Crippen molar-refractivity contribution < 1.29 is 9.53 Å². The molecule has 0 saturated heterocycles. The van der Waals surface area contributed by atoms with Gasteiger partial charge in [0.2, 0.25) is 0 Å². The average Bonchev–Trinajstić information content (AvgIpc) is 2.76. The highest BCUT2D eigenvalue weighted by Crippen LogP contribution is 2.31. The van der Waals surface area contributed by atoms with Crippen LogP contribution in [0.5, 0.6) is 0 Å². The first kappa shape index (κ1) is 13.2.